The molecule has 0 amide bonds. The highest BCUT2D eigenvalue weighted by atomic mass is 79.9. The number of hydrogen-bond acceptors (Lipinski definition) is 2. The van der Waals surface area contributed by atoms with Gasteiger partial charge in [-0.2, -0.15) is 0 Å². The van der Waals surface area contributed by atoms with Crippen LogP contribution in [0.15, 0.2) is 46.9 Å². The van der Waals surface area contributed by atoms with E-state index in [1.807, 2.05) is 42.5 Å². The quantitative estimate of drug-likeness (QED) is 0.866. The molecular formula is C16H15BrClNO. The summed E-state index contributed by atoms with van der Waals surface area (Å²) in [6.45, 7) is 0. The average Bonchev–Trinajstić information content (AvgIpc) is 3.25. The molecule has 0 aliphatic heterocycles. The summed E-state index contributed by atoms with van der Waals surface area (Å²) in [5.74, 6) is 0.892. The highest BCUT2D eigenvalue weighted by Gasteiger charge is 2.23. The molecule has 20 heavy (non-hydrogen) atoms. The van der Waals surface area contributed by atoms with E-state index in [0.717, 1.165) is 34.2 Å². The average molecular weight is 353 g/mol. The van der Waals surface area contributed by atoms with Crippen LogP contribution in [-0.4, -0.2) is 6.10 Å². The molecule has 0 spiro atoms. The summed E-state index contributed by atoms with van der Waals surface area (Å²) in [5.41, 5.74) is 8.34. The smallest absolute Gasteiger partial charge is 0.120 e. The summed E-state index contributed by atoms with van der Waals surface area (Å²) in [4.78, 5) is 0. The van der Waals surface area contributed by atoms with Crippen molar-refractivity contribution in [1.29, 1.82) is 0 Å². The van der Waals surface area contributed by atoms with Gasteiger partial charge in [0, 0.05) is 4.47 Å². The lowest BCUT2D eigenvalue weighted by Gasteiger charge is -2.15. The molecule has 2 nitrogen and oxygen atoms in total. The fourth-order valence-corrected chi connectivity index (χ4v) is 2.49. The Morgan fingerprint density at radius 1 is 1.15 bits per heavy atom. The van der Waals surface area contributed by atoms with E-state index in [1.54, 1.807) is 0 Å². The molecule has 1 saturated carbocycles. The molecule has 0 heterocycles. The van der Waals surface area contributed by atoms with Crippen molar-refractivity contribution in [1.82, 2.24) is 0 Å². The van der Waals surface area contributed by atoms with Gasteiger partial charge in [0.15, 0.2) is 0 Å². The van der Waals surface area contributed by atoms with Gasteiger partial charge in [-0.3, -0.25) is 0 Å². The predicted octanol–water partition coefficient (Wildman–Crippen LogP) is 4.69. The van der Waals surface area contributed by atoms with Crippen molar-refractivity contribution in [2.75, 3.05) is 0 Å². The molecule has 2 aromatic rings. The van der Waals surface area contributed by atoms with Crippen LogP contribution in [0, 0.1) is 0 Å². The maximum atomic E-state index is 6.32. The molecule has 4 heteroatoms. The Morgan fingerprint density at radius 2 is 1.90 bits per heavy atom. The van der Waals surface area contributed by atoms with E-state index in [0.29, 0.717) is 11.1 Å². The van der Waals surface area contributed by atoms with Crippen LogP contribution in [0.2, 0.25) is 5.02 Å². The summed E-state index contributed by atoms with van der Waals surface area (Å²) < 4.78 is 6.68. The number of benzene rings is 2. The number of rotatable bonds is 4. The van der Waals surface area contributed by atoms with Crippen LogP contribution < -0.4 is 10.5 Å². The second-order valence-corrected chi connectivity index (χ2v) is 6.30. The highest BCUT2D eigenvalue weighted by Crippen LogP contribution is 2.31. The minimum atomic E-state index is -0.205. The molecule has 2 aromatic carbocycles. The highest BCUT2D eigenvalue weighted by molar-refractivity contribution is 9.10. The summed E-state index contributed by atoms with van der Waals surface area (Å²) >= 11 is 9.51. The van der Waals surface area contributed by atoms with Gasteiger partial charge in [-0.15, -0.1) is 0 Å². The Kier molecular flexibility index (Phi) is 4.01. The molecule has 0 bridgehead atoms. The summed E-state index contributed by atoms with van der Waals surface area (Å²) in [6.07, 6.45) is 2.70. The van der Waals surface area contributed by atoms with E-state index in [-0.39, 0.29) is 6.04 Å². The largest absolute Gasteiger partial charge is 0.490 e. The SMILES string of the molecule is NC(c1cccc(OC2CC2)c1)c1ccc(Br)c(Cl)c1. The van der Waals surface area contributed by atoms with Gasteiger partial charge in [-0.1, -0.05) is 29.8 Å². The Bertz CT molecular complexity index is 628. The maximum Gasteiger partial charge on any atom is 0.120 e. The van der Waals surface area contributed by atoms with Crippen LogP contribution >= 0.6 is 27.5 Å². The molecule has 0 saturated heterocycles. The van der Waals surface area contributed by atoms with E-state index in [2.05, 4.69) is 15.9 Å². The maximum absolute atomic E-state index is 6.32. The zero-order valence-corrected chi connectivity index (χ0v) is 13.2. The van der Waals surface area contributed by atoms with Crippen molar-refractivity contribution in [3.8, 4) is 5.75 Å². The molecule has 2 N–H and O–H groups in total. The minimum Gasteiger partial charge on any atom is -0.490 e. The van der Waals surface area contributed by atoms with E-state index >= 15 is 0 Å². The molecule has 0 radical (unpaired) electrons. The molecule has 1 aliphatic carbocycles. The fraction of sp³-hybridized carbons (Fsp3) is 0.250. The van der Waals surface area contributed by atoms with E-state index in [9.17, 15) is 0 Å². The molecule has 1 atom stereocenters. The fourth-order valence-electron chi connectivity index (χ4n) is 2.06. The van der Waals surface area contributed by atoms with Crippen LogP contribution in [0.3, 0.4) is 0 Å². The lowest BCUT2D eigenvalue weighted by Crippen LogP contribution is -2.12. The first-order valence-corrected chi connectivity index (χ1v) is 7.78. The predicted molar refractivity (Wildman–Crippen MR) is 85.3 cm³/mol. The van der Waals surface area contributed by atoms with Crippen molar-refractivity contribution in [2.24, 2.45) is 5.73 Å². The van der Waals surface area contributed by atoms with Crippen molar-refractivity contribution in [3.63, 3.8) is 0 Å². The Labute approximate surface area is 132 Å². The molecule has 0 aromatic heterocycles. The van der Waals surface area contributed by atoms with E-state index < -0.39 is 0 Å². The van der Waals surface area contributed by atoms with Crippen LogP contribution in [0.1, 0.15) is 30.0 Å². The van der Waals surface area contributed by atoms with Gasteiger partial charge >= 0.3 is 0 Å². The first-order chi connectivity index (χ1) is 9.63. The molecule has 3 rings (SSSR count). The normalized spacial score (nSPS) is 15.9. The minimum absolute atomic E-state index is 0.205. The van der Waals surface area contributed by atoms with E-state index in [1.165, 1.54) is 0 Å². The first-order valence-electron chi connectivity index (χ1n) is 6.60. The van der Waals surface area contributed by atoms with Crippen molar-refractivity contribution < 1.29 is 4.74 Å². The summed E-state index contributed by atoms with van der Waals surface area (Å²) in [7, 11) is 0. The Morgan fingerprint density at radius 3 is 2.60 bits per heavy atom. The molecule has 1 aliphatic rings. The van der Waals surface area contributed by atoms with Gasteiger partial charge in [0.1, 0.15) is 5.75 Å². The second-order valence-electron chi connectivity index (χ2n) is 5.04. The molecule has 1 fully saturated rings. The van der Waals surface area contributed by atoms with Gasteiger partial charge in [0.25, 0.3) is 0 Å². The zero-order chi connectivity index (χ0) is 14.1. The van der Waals surface area contributed by atoms with Crippen LogP contribution in [0.5, 0.6) is 5.75 Å². The molecule has 1 unspecified atom stereocenters. The molecular weight excluding hydrogens is 338 g/mol. The van der Waals surface area contributed by atoms with Gasteiger partial charge in [0.05, 0.1) is 17.2 Å². The van der Waals surface area contributed by atoms with E-state index in [4.69, 9.17) is 22.1 Å². The number of halogens is 2. The Hall–Kier alpha value is -1.03. The van der Waals surface area contributed by atoms with Gasteiger partial charge < -0.3 is 10.5 Å². The van der Waals surface area contributed by atoms with Crippen molar-refractivity contribution in [3.05, 3.63) is 63.1 Å². The van der Waals surface area contributed by atoms with Crippen LogP contribution in [0.4, 0.5) is 0 Å². The topological polar surface area (TPSA) is 35.2 Å². The summed E-state index contributed by atoms with van der Waals surface area (Å²) in [6, 6.07) is 13.6. The van der Waals surface area contributed by atoms with Crippen LogP contribution in [0.25, 0.3) is 0 Å². The van der Waals surface area contributed by atoms with Crippen LogP contribution in [-0.2, 0) is 0 Å². The number of ether oxygens (including phenoxy) is 1. The van der Waals surface area contributed by atoms with Crippen molar-refractivity contribution >= 4 is 27.5 Å². The van der Waals surface area contributed by atoms with Gasteiger partial charge in [-0.05, 0) is 64.2 Å². The number of nitrogens with two attached hydrogens (primary N) is 1. The monoisotopic (exact) mass is 351 g/mol. The first kappa shape index (κ1) is 13.9. The third-order valence-electron chi connectivity index (χ3n) is 3.35. The third-order valence-corrected chi connectivity index (χ3v) is 4.58. The van der Waals surface area contributed by atoms with Gasteiger partial charge in [-0.25, -0.2) is 0 Å². The third kappa shape index (κ3) is 3.17. The van der Waals surface area contributed by atoms with Crippen molar-refractivity contribution in [2.45, 2.75) is 25.0 Å². The van der Waals surface area contributed by atoms with Gasteiger partial charge in [0.2, 0.25) is 0 Å². The zero-order valence-electron chi connectivity index (χ0n) is 10.9. The molecule has 104 valence electrons. The lowest BCUT2D eigenvalue weighted by atomic mass is 9.99. The summed E-state index contributed by atoms with van der Waals surface area (Å²) in [5, 5.41) is 0.670. The lowest BCUT2D eigenvalue weighted by molar-refractivity contribution is 0.303. The number of hydrogen-bond donors (Lipinski definition) is 1. The second kappa shape index (κ2) is 5.76. The Balaban J connectivity index is 1.84. The standard InChI is InChI=1S/C16H15BrClNO/c17-14-7-4-11(9-15(14)18)16(19)10-2-1-3-13(8-10)20-12-5-6-12/h1-4,7-9,12,16H,5-6,19H2.